The van der Waals surface area contributed by atoms with E-state index in [4.69, 9.17) is 14.5 Å². The summed E-state index contributed by atoms with van der Waals surface area (Å²) < 4.78 is 7.36. The van der Waals surface area contributed by atoms with Crippen LogP contribution in [0.4, 0.5) is 5.95 Å². The first kappa shape index (κ1) is 23.5. The Kier molecular flexibility index (Phi) is 9.35. The molecule has 10 heteroatoms. The zero-order valence-corrected chi connectivity index (χ0v) is 17.1. The van der Waals surface area contributed by atoms with Gasteiger partial charge in [0.15, 0.2) is 0 Å². The molecule has 1 aliphatic heterocycles. The van der Waals surface area contributed by atoms with Gasteiger partial charge in [-0.1, -0.05) is 12.1 Å². The number of oxazole rings is 1. The molecular weight excluding hydrogens is 413 g/mol. The Labute approximate surface area is 176 Å². The fourth-order valence-corrected chi connectivity index (χ4v) is 3.15. The van der Waals surface area contributed by atoms with Gasteiger partial charge in [-0.05, 0) is 38.1 Å². The predicted octanol–water partition coefficient (Wildman–Crippen LogP) is 2.99. The van der Waals surface area contributed by atoms with E-state index in [9.17, 15) is 0 Å². The smallest absolute Gasteiger partial charge is 0.220 e. The quantitative estimate of drug-likeness (QED) is 0.570. The molecule has 1 saturated heterocycles. The van der Waals surface area contributed by atoms with Crippen molar-refractivity contribution in [2.45, 2.75) is 32.0 Å². The number of nitrogens with one attached hydrogen (secondary N) is 2. The number of imidazole rings is 1. The van der Waals surface area contributed by atoms with E-state index in [1.54, 1.807) is 6.26 Å². The van der Waals surface area contributed by atoms with Crippen LogP contribution in [0, 0.1) is 0 Å². The lowest BCUT2D eigenvalue weighted by molar-refractivity contribution is 0.240. The molecule has 0 unspecified atom stereocenters. The number of fused-ring (bicyclic) bond motifs is 1. The second-order valence-corrected chi connectivity index (χ2v) is 6.07. The summed E-state index contributed by atoms with van der Waals surface area (Å²) in [5, 5.41) is 16.1. The summed E-state index contributed by atoms with van der Waals surface area (Å²) in [5.41, 5.74) is 2.79. The lowest BCUT2D eigenvalue weighted by Crippen LogP contribution is -2.36. The van der Waals surface area contributed by atoms with E-state index < -0.39 is 0 Å². The highest BCUT2D eigenvalue weighted by Crippen LogP contribution is 2.23. The van der Waals surface area contributed by atoms with E-state index in [1.165, 1.54) is 0 Å². The Morgan fingerprint density at radius 2 is 1.89 bits per heavy atom. The summed E-state index contributed by atoms with van der Waals surface area (Å²) in [6.45, 7) is 2.42. The number of halogens is 3. The number of benzene rings is 1. The van der Waals surface area contributed by atoms with Gasteiger partial charge in [-0.25, -0.2) is 9.97 Å². The summed E-state index contributed by atoms with van der Waals surface area (Å²) in [6.07, 6.45) is 3.76. The molecule has 0 spiro atoms. The monoisotopic (exact) mass is 435 g/mol. The number of aromatic nitrogens is 3. The van der Waals surface area contributed by atoms with Crippen LogP contribution in [0.3, 0.4) is 0 Å². The number of rotatable bonds is 5. The first-order valence-corrected chi connectivity index (χ1v) is 8.30. The van der Waals surface area contributed by atoms with Crippen LogP contribution in [0.2, 0.25) is 0 Å². The highest BCUT2D eigenvalue weighted by atomic mass is 35.5. The number of aliphatic hydroxyl groups excluding tert-OH is 1. The summed E-state index contributed by atoms with van der Waals surface area (Å²) >= 11 is 0. The van der Waals surface area contributed by atoms with Crippen LogP contribution < -0.4 is 10.6 Å². The number of nitrogens with zero attached hydrogens (tertiary/aromatic N) is 3. The lowest BCUT2D eigenvalue weighted by Gasteiger charge is -2.24. The summed E-state index contributed by atoms with van der Waals surface area (Å²) in [6, 6.07) is 8.50. The number of anilines is 1. The van der Waals surface area contributed by atoms with Crippen molar-refractivity contribution in [2.24, 2.45) is 0 Å². The maximum Gasteiger partial charge on any atom is 0.220 e. The number of aliphatic hydroxyl groups is 1. The molecule has 0 amide bonds. The highest BCUT2D eigenvalue weighted by molar-refractivity contribution is 5.86. The van der Waals surface area contributed by atoms with E-state index >= 15 is 0 Å². The van der Waals surface area contributed by atoms with Gasteiger partial charge in [-0.3, -0.25) is 0 Å². The van der Waals surface area contributed by atoms with Crippen LogP contribution >= 0.6 is 37.2 Å². The largest absolute Gasteiger partial charge is 0.446 e. The van der Waals surface area contributed by atoms with Gasteiger partial charge in [0, 0.05) is 6.04 Å². The zero-order valence-electron chi connectivity index (χ0n) is 14.6. The van der Waals surface area contributed by atoms with Crippen LogP contribution in [0.15, 0.2) is 34.9 Å². The average molecular weight is 437 g/mol. The van der Waals surface area contributed by atoms with Crippen molar-refractivity contribution >= 4 is 54.2 Å². The molecule has 3 N–H and O–H groups in total. The standard InChI is InChI=1S/C17H21N5O2.3ClH/c23-10-16-19-13(11-24-16)9-22-15-4-2-1-3-14(15)21-17(22)20-12-5-7-18-8-6-12;;;/h1-4,11-12,18,23H,5-10H2,(H,20,21);3*1H. The second-order valence-electron chi connectivity index (χ2n) is 6.07. The zero-order chi connectivity index (χ0) is 16.4. The van der Waals surface area contributed by atoms with Crippen LogP contribution in [0.25, 0.3) is 11.0 Å². The second kappa shape index (κ2) is 10.7. The van der Waals surface area contributed by atoms with Gasteiger partial charge in [-0.2, -0.15) is 0 Å². The minimum absolute atomic E-state index is 0. The third kappa shape index (κ3) is 5.27. The molecule has 0 aliphatic carbocycles. The van der Waals surface area contributed by atoms with Gasteiger partial charge < -0.3 is 24.7 Å². The molecule has 3 aromatic rings. The Bertz CT molecular complexity index is 833. The van der Waals surface area contributed by atoms with Crippen molar-refractivity contribution in [2.75, 3.05) is 18.4 Å². The minimum Gasteiger partial charge on any atom is -0.446 e. The van der Waals surface area contributed by atoms with E-state index in [1.807, 2.05) is 18.2 Å². The van der Waals surface area contributed by atoms with Gasteiger partial charge in [0.25, 0.3) is 0 Å². The molecule has 7 nitrogen and oxygen atoms in total. The molecule has 1 fully saturated rings. The van der Waals surface area contributed by atoms with E-state index in [-0.39, 0.29) is 43.8 Å². The number of piperidine rings is 1. The van der Waals surface area contributed by atoms with Gasteiger partial charge in [-0.15, -0.1) is 37.2 Å². The number of hydrogen-bond donors (Lipinski definition) is 3. The molecule has 1 aromatic carbocycles. The molecule has 2 aromatic heterocycles. The molecule has 0 saturated carbocycles. The summed E-state index contributed by atoms with van der Waals surface area (Å²) in [5.74, 6) is 1.19. The maximum absolute atomic E-state index is 9.13. The van der Waals surface area contributed by atoms with Crippen molar-refractivity contribution in [3.8, 4) is 0 Å². The molecule has 150 valence electrons. The SMILES string of the molecule is Cl.Cl.Cl.OCc1nc(Cn2c(NC3CCNCC3)nc3ccccc32)co1. The van der Waals surface area contributed by atoms with E-state index in [2.05, 4.69) is 26.3 Å². The highest BCUT2D eigenvalue weighted by Gasteiger charge is 2.18. The minimum atomic E-state index is -0.190. The number of hydrogen-bond acceptors (Lipinski definition) is 6. The Hall–Kier alpha value is -1.51. The fourth-order valence-electron chi connectivity index (χ4n) is 3.15. The molecular formula is C17H24Cl3N5O2. The molecule has 1 aliphatic rings. The summed E-state index contributed by atoms with van der Waals surface area (Å²) in [7, 11) is 0. The van der Waals surface area contributed by atoms with Crippen LogP contribution in [0.1, 0.15) is 24.4 Å². The normalized spacial score (nSPS) is 14.1. The van der Waals surface area contributed by atoms with Gasteiger partial charge in [0.05, 0.1) is 23.3 Å². The average Bonchev–Trinajstić information content (AvgIpc) is 3.21. The van der Waals surface area contributed by atoms with Crippen molar-refractivity contribution < 1.29 is 9.52 Å². The van der Waals surface area contributed by atoms with Crippen LogP contribution in [-0.2, 0) is 13.2 Å². The third-order valence-electron chi connectivity index (χ3n) is 4.38. The lowest BCUT2D eigenvalue weighted by atomic mass is 10.1. The molecule has 0 atom stereocenters. The van der Waals surface area contributed by atoms with E-state index in [0.29, 0.717) is 18.5 Å². The van der Waals surface area contributed by atoms with Crippen LogP contribution in [0.5, 0.6) is 0 Å². The topological polar surface area (TPSA) is 88.1 Å². The van der Waals surface area contributed by atoms with Gasteiger partial charge in [0.1, 0.15) is 12.9 Å². The van der Waals surface area contributed by atoms with Crippen LogP contribution in [-0.4, -0.2) is 38.8 Å². The first-order valence-electron chi connectivity index (χ1n) is 8.30. The van der Waals surface area contributed by atoms with Crippen molar-refractivity contribution in [1.29, 1.82) is 0 Å². The Balaban J connectivity index is 0.00000121. The predicted molar refractivity (Wildman–Crippen MR) is 113 cm³/mol. The molecule has 0 bridgehead atoms. The summed E-state index contributed by atoms with van der Waals surface area (Å²) in [4.78, 5) is 9.05. The van der Waals surface area contributed by atoms with Crippen molar-refractivity contribution in [1.82, 2.24) is 19.9 Å². The Morgan fingerprint density at radius 3 is 2.59 bits per heavy atom. The molecule has 4 rings (SSSR count). The van der Waals surface area contributed by atoms with E-state index in [0.717, 1.165) is 48.6 Å². The fraction of sp³-hybridized carbons (Fsp3) is 0.412. The van der Waals surface area contributed by atoms with Crippen molar-refractivity contribution in [3.05, 3.63) is 42.1 Å². The molecule has 0 radical (unpaired) electrons. The Morgan fingerprint density at radius 1 is 1.15 bits per heavy atom. The third-order valence-corrected chi connectivity index (χ3v) is 4.38. The number of para-hydroxylation sites is 2. The molecule has 27 heavy (non-hydrogen) atoms. The first-order chi connectivity index (χ1) is 11.8. The van der Waals surface area contributed by atoms with Gasteiger partial charge in [0.2, 0.25) is 11.8 Å². The maximum atomic E-state index is 9.13. The van der Waals surface area contributed by atoms with Crippen molar-refractivity contribution in [3.63, 3.8) is 0 Å². The molecule has 3 heterocycles. The van der Waals surface area contributed by atoms with Gasteiger partial charge >= 0.3 is 0 Å².